The Labute approximate surface area is 241 Å². The van der Waals surface area contributed by atoms with Crippen molar-refractivity contribution in [1.29, 1.82) is 0 Å². The lowest BCUT2D eigenvalue weighted by Crippen LogP contribution is -2.58. The Bertz CT molecular complexity index is 1240. The summed E-state index contributed by atoms with van der Waals surface area (Å²) < 4.78 is 2.24. The summed E-state index contributed by atoms with van der Waals surface area (Å²) in [5.74, 6) is 3.42. The Hall–Kier alpha value is -1.85. The summed E-state index contributed by atoms with van der Waals surface area (Å²) in [5.41, 5.74) is 2.27. The molecule has 1 aromatic carbocycles. The lowest BCUT2D eigenvalue weighted by Gasteiger charge is -2.62. The van der Waals surface area contributed by atoms with E-state index in [0.29, 0.717) is 48.0 Å². The predicted octanol–water partition coefficient (Wildman–Crippen LogP) is 7.57. The van der Waals surface area contributed by atoms with Gasteiger partial charge in [-0.05, 0) is 136 Å². The molecule has 1 amide bonds. The molecule has 0 saturated heterocycles. The lowest BCUT2D eigenvalue weighted by molar-refractivity contribution is -0.174. The van der Waals surface area contributed by atoms with Crippen LogP contribution in [0.1, 0.15) is 105 Å². The topological polar surface area (TPSA) is 74.5 Å². The summed E-state index contributed by atoms with van der Waals surface area (Å²) in [6, 6.07) is 8.64. The summed E-state index contributed by atoms with van der Waals surface area (Å²) >= 11 is 0. The average molecular weight is 549 g/mol. The fourth-order valence-electron chi connectivity index (χ4n) is 10.7. The number of hydrogen-bond donors (Lipinski definition) is 3. The van der Waals surface area contributed by atoms with Crippen LogP contribution in [0, 0.1) is 46.3 Å². The SMILES string of the molecule is CC(CCC(=O)Nc1cccc2c1ccn2C(C)C)C1CCC2C3CCC4CC(O)CCC4(C)C3CC(O)C12C. The zero-order chi connectivity index (χ0) is 28.4. The molecule has 0 aliphatic heterocycles. The number of carbonyl (C=O) groups excluding carboxylic acids is 1. The van der Waals surface area contributed by atoms with Crippen molar-refractivity contribution in [3.05, 3.63) is 30.5 Å². The van der Waals surface area contributed by atoms with Crippen LogP contribution in [-0.4, -0.2) is 32.9 Å². The summed E-state index contributed by atoms with van der Waals surface area (Å²) in [6.45, 7) is 11.6. The Morgan fingerprint density at radius 3 is 2.60 bits per heavy atom. The van der Waals surface area contributed by atoms with E-state index in [1.54, 1.807) is 0 Å². The van der Waals surface area contributed by atoms with Gasteiger partial charge in [-0.1, -0.05) is 26.8 Å². The van der Waals surface area contributed by atoms with Gasteiger partial charge < -0.3 is 20.1 Å². The van der Waals surface area contributed by atoms with Crippen LogP contribution in [0.25, 0.3) is 10.9 Å². The Balaban J connectivity index is 1.12. The molecule has 0 bridgehead atoms. The fourth-order valence-corrected chi connectivity index (χ4v) is 10.7. The molecule has 0 spiro atoms. The second-order valence-electron chi connectivity index (χ2n) is 15.0. The minimum absolute atomic E-state index is 0.0558. The molecule has 10 atom stereocenters. The highest BCUT2D eigenvalue weighted by Gasteiger charge is 2.63. The van der Waals surface area contributed by atoms with Gasteiger partial charge in [-0.3, -0.25) is 4.79 Å². The van der Waals surface area contributed by atoms with Crippen molar-refractivity contribution in [2.24, 2.45) is 46.3 Å². The molecule has 4 aliphatic rings. The van der Waals surface area contributed by atoms with Gasteiger partial charge in [0.1, 0.15) is 0 Å². The third-order valence-electron chi connectivity index (χ3n) is 12.9. The molecule has 5 nitrogen and oxygen atoms in total. The molecular formula is C35H52N2O3. The largest absolute Gasteiger partial charge is 0.393 e. The average Bonchev–Trinajstić information content (AvgIpc) is 3.51. The van der Waals surface area contributed by atoms with Crippen LogP contribution in [0.15, 0.2) is 30.5 Å². The maximum Gasteiger partial charge on any atom is 0.224 e. The van der Waals surface area contributed by atoms with Gasteiger partial charge in [-0.15, -0.1) is 0 Å². The molecule has 10 unspecified atom stereocenters. The second-order valence-corrected chi connectivity index (χ2v) is 15.0. The first kappa shape index (κ1) is 28.3. The molecule has 1 aromatic heterocycles. The minimum Gasteiger partial charge on any atom is -0.393 e. The number of amides is 1. The zero-order valence-corrected chi connectivity index (χ0v) is 25.4. The van der Waals surface area contributed by atoms with Gasteiger partial charge in [-0.2, -0.15) is 0 Å². The number of aromatic nitrogens is 1. The first-order valence-corrected chi connectivity index (χ1v) is 16.3. The van der Waals surface area contributed by atoms with Gasteiger partial charge in [0.25, 0.3) is 0 Å². The van der Waals surface area contributed by atoms with Crippen LogP contribution in [-0.2, 0) is 4.79 Å². The van der Waals surface area contributed by atoms with Crippen LogP contribution in [0.2, 0.25) is 0 Å². The number of aliphatic hydroxyl groups is 2. The van der Waals surface area contributed by atoms with Crippen molar-refractivity contribution in [3.63, 3.8) is 0 Å². The van der Waals surface area contributed by atoms with Crippen molar-refractivity contribution in [2.45, 2.75) is 117 Å². The number of nitrogens with one attached hydrogen (secondary N) is 1. The summed E-state index contributed by atoms with van der Waals surface area (Å²) in [4.78, 5) is 13.1. The quantitative estimate of drug-likeness (QED) is 0.349. The normalized spacial score (nSPS) is 40.0. The van der Waals surface area contributed by atoms with Gasteiger partial charge in [0.05, 0.1) is 23.4 Å². The fraction of sp³-hybridized carbons (Fsp3) is 0.743. The van der Waals surface area contributed by atoms with Gasteiger partial charge in [0.15, 0.2) is 0 Å². The maximum atomic E-state index is 13.1. The van der Waals surface area contributed by atoms with E-state index < -0.39 is 0 Å². The number of anilines is 1. The molecule has 3 N–H and O–H groups in total. The maximum absolute atomic E-state index is 13.1. The van der Waals surface area contributed by atoms with E-state index >= 15 is 0 Å². The lowest BCUT2D eigenvalue weighted by atomic mass is 9.43. The monoisotopic (exact) mass is 548 g/mol. The molecule has 0 radical (unpaired) electrons. The van der Waals surface area contributed by atoms with E-state index in [4.69, 9.17) is 0 Å². The molecule has 2 aromatic rings. The summed E-state index contributed by atoms with van der Waals surface area (Å²) in [7, 11) is 0. The van der Waals surface area contributed by atoms with E-state index in [9.17, 15) is 15.0 Å². The van der Waals surface area contributed by atoms with Crippen molar-refractivity contribution < 1.29 is 15.0 Å². The number of fused-ring (bicyclic) bond motifs is 6. The summed E-state index contributed by atoms with van der Waals surface area (Å²) in [5, 5.41) is 26.5. The van der Waals surface area contributed by atoms with E-state index in [1.165, 1.54) is 25.7 Å². The van der Waals surface area contributed by atoms with E-state index in [1.807, 2.05) is 12.1 Å². The van der Waals surface area contributed by atoms with Crippen LogP contribution in [0.4, 0.5) is 5.69 Å². The third-order valence-corrected chi connectivity index (χ3v) is 12.9. The first-order valence-electron chi connectivity index (χ1n) is 16.3. The number of benzene rings is 1. The molecule has 4 fully saturated rings. The van der Waals surface area contributed by atoms with E-state index in [2.05, 4.69) is 62.8 Å². The number of hydrogen-bond acceptors (Lipinski definition) is 3. The molecule has 4 aliphatic carbocycles. The van der Waals surface area contributed by atoms with Crippen LogP contribution >= 0.6 is 0 Å². The van der Waals surface area contributed by atoms with Crippen molar-refractivity contribution in [2.75, 3.05) is 5.32 Å². The van der Waals surface area contributed by atoms with Crippen LogP contribution < -0.4 is 5.32 Å². The van der Waals surface area contributed by atoms with Gasteiger partial charge >= 0.3 is 0 Å². The highest BCUT2D eigenvalue weighted by Crippen LogP contribution is 2.68. The number of carbonyl (C=O) groups is 1. The van der Waals surface area contributed by atoms with Gasteiger partial charge in [-0.25, -0.2) is 0 Å². The highest BCUT2D eigenvalue weighted by molar-refractivity contribution is 6.01. The predicted molar refractivity (Wildman–Crippen MR) is 162 cm³/mol. The molecule has 40 heavy (non-hydrogen) atoms. The zero-order valence-electron chi connectivity index (χ0n) is 25.4. The minimum atomic E-state index is -0.271. The molecular weight excluding hydrogens is 496 g/mol. The molecule has 1 heterocycles. The molecule has 4 saturated carbocycles. The summed E-state index contributed by atoms with van der Waals surface area (Å²) in [6.07, 6.45) is 11.9. The van der Waals surface area contributed by atoms with Crippen LogP contribution in [0.3, 0.4) is 0 Å². The molecule has 6 rings (SSSR count). The third kappa shape index (κ3) is 4.45. The van der Waals surface area contributed by atoms with E-state index in [0.717, 1.165) is 48.7 Å². The number of rotatable bonds is 6. The Morgan fingerprint density at radius 1 is 1.02 bits per heavy atom. The highest BCUT2D eigenvalue weighted by atomic mass is 16.3. The van der Waals surface area contributed by atoms with Crippen molar-refractivity contribution in [3.8, 4) is 0 Å². The Kier molecular flexibility index (Phi) is 7.39. The molecule has 220 valence electrons. The first-order chi connectivity index (χ1) is 19.0. The van der Waals surface area contributed by atoms with Crippen molar-refractivity contribution in [1.82, 2.24) is 4.57 Å². The number of nitrogens with zero attached hydrogens (tertiary/aromatic N) is 1. The Morgan fingerprint density at radius 2 is 1.82 bits per heavy atom. The van der Waals surface area contributed by atoms with Gasteiger partial charge in [0, 0.05) is 24.0 Å². The van der Waals surface area contributed by atoms with Crippen LogP contribution in [0.5, 0.6) is 0 Å². The van der Waals surface area contributed by atoms with E-state index in [-0.39, 0.29) is 28.9 Å². The second kappa shape index (κ2) is 10.5. The smallest absolute Gasteiger partial charge is 0.224 e. The standard InChI is InChI=1S/C35H52N2O3/c1-21(2)37-18-16-26-30(7-6-8-31(26)37)36-33(40)14-9-22(3)27-12-13-28-25-11-10-23-19-24(38)15-17-34(23,4)29(25)20-32(39)35(27,28)5/h6-8,16,18,21-25,27-29,32,38-39H,9-15,17,19-20H2,1-5H3,(H,36,40). The molecule has 5 heteroatoms. The number of aliphatic hydroxyl groups excluding tert-OH is 2. The van der Waals surface area contributed by atoms with Crippen molar-refractivity contribution >= 4 is 22.5 Å². The van der Waals surface area contributed by atoms with Gasteiger partial charge in [0.2, 0.25) is 5.91 Å².